The van der Waals surface area contributed by atoms with Gasteiger partial charge in [-0.15, -0.1) is 0 Å². The Hall–Kier alpha value is -1.26. The van der Waals surface area contributed by atoms with Crippen molar-refractivity contribution in [2.24, 2.45) is 0 Å². The second kappa shape index (κ2) is 5.38. The van der Waals surface area contributed by atoms with Crippen molar-refractivity contribution in [2.45, 2.75) is 6.61 Å². The van der Waals surface area contributed by atoms with Gasteiger partial charge < -0.3 is 10.5 Å². The van der Waals surface area contributed by atoms with Crippen LogP contribution >= 0.6 is 27.5 Å². The van der Waals surface area contributed by atoms with Crippen molar-refractivity contribution in [2.75, 3.05) is 5.73 Å². The van der Waals surface area contributed by atoms with E-state index in [2.05, 4.69) is 20.9 Å². The number of halogens is 2. The summed E-state index contributed by atoms with van der Waals surface area (Å²) in [5.74, 6) is 0.679. The topological polar surface area (TPSA) is 48.1 Å². The molecule has 5 heteroatoms. The molecule has 0 aliphatic carbocycles. The zero-order chi connectivity index (χ0) is 12.3. The third-order valence-corrected chi connectivity index (χ3v) is 2.95. The molecule has 17 heavy (non-hydrogen) atoms. The lowest BCUT2D eigenvalue weighted by Gasteiger charge is -2.08. The van der Waals surface area contributed by atoms with Crippen LogP contribution < -0.4 is 10.5 Å². The average Bonchev–Trinajstić information content (AvgIpc) is 2.30. The SMILES string of the molecule is Nc1ccc(Cl)c(COc2cncc(Br)c2)c1. The Balaban J connectivity index is 2.09. The largest absolute Gasteiger partial charge is 0.487 e. The van der Waals surface area contributed by atoms with Gasteiger partial charge in [-0.1, -0.05) is 11.6 Å². The number of aromatic nitrogens is 1. The highest BCUT2D eigenvalue weighted by Gasteiger charge is 2.02. The van der Waals surface area contributed by atoms with E-state index in [-0.39, 0.29) is 0 Å². The number of anilines is 1. The molecule has 0 spiro atoms. The number of benzene rings is 1. The lowest BCUT2D eigenvalue weighted by molar-refractivity contribution is 0.305. The number of nitrogens with zero attached hydrogens (tertiary/aromatic N) is 1. The molecule has 0 aliphatic heterocycles. The molecule has 2 rings (SSSR count). The number of nitrogens with two attached hydrogens (primary N) is 1. The standard InChI is InChI=1S/C12H10BrClN2O/c13-9-4-11(6-16-5-9)17-7-8-3-10(15)1-2-12(8)14/h1-6H,7,15H2. The van der Waals surface area contributed by atoms with Crippen LogP contribution in [0.25, 0.3) is 0 Å². The molecule has 3 nitrogen and oxygen atoms in total. The molecular weight excluding hydrogens is 304 g/mol. The zero-order valence-corrected chi connectivity index (χ0v) is 11.2. The van der Waals surface area contributed by atoms with Crippen molar-refractivity contribution in [3.8, 4) is 5.75 Å². The number of rotatable bonds is 3. The molecule has 1 aromatic heterocycles. The number of pyridine rings is 1. The molecule has 0 amide bonds. The molecule has 0 radical (unpaired) electrons. The summed E-state index contributed by atoms with van der Waals surface area (Å²) in [7, 11) is 0. The van der Waals surface area contributed by atoms with Crippen LogP contribution in [0.5, 0.6) is 5.75 Å². The van der Waals surface area contributed by atoms with Crippen molar-refractivity contribution in [1.82, 2.24) is 4.98 Å². The minimum atomic E-state index is 0.363. The van der Waals surface area contributed by atoms with E-state index in [4.69, 9.17) is 22.1 Å². The number of nitrogen functional groups attached to an aromatic ring is 1. The summed E-state index contributed by atoms with van der Waals surface area (Å²) in [5.41, 5.74) is 7.21. The lowest BCUT2D eigenvalue weighted by Crippen LogP contribution is -1.98. The number of hydrogen-bond donors (Lipinski definition) is 1. The maximum Gasteiger partial charge on any atom is 0.139 e. The fraction of sp³-hybridized carbons (Fsp3) is 0.0833. The van der Waals surface area contributed by atoms with Gasteiger partial charge in [-0.05, 0) is 40.2 Å². The van der Waals surface area contributed by atoms with E-state index in [0.717, 1.165) is 10.0 Å². The Morgan fingerprint density at radius 1 is 1.29 bits per heavy atom. The van der Waals surface area contributed by atoms with Gasteiger partial charge in [-0.25, -0.2) is 0 Å². The first-order chi connectivity index (χ1) is 8.15. The summed E-state index contributed by atoms with van der Waals surface area (Å²) in [6.45, 7) is 0.363. The summed E-state index contributed by atoms with van der Waals surface area (Å²) in [6.07, 6.45) is 3.34. The van der Waals surface area contributed by atoms with Crippen LogP contribution in [-0.4, -0.2) is 4.98 Å². The smallest absolute Gasteiger partial charge is 0.139 e. The van der Waals surface area contributed by atoms with Crippen LogP contribution in [0.15, 0.2) is 41.1 Å². The molecule has 2 N–H and O–H groups in total. The number of ether oxygens (including phenoxy) is 1. The fourth-order valence-electron chi connectivity index (χ4n) is 1.34. The van der Waals surface area contributed by atoms with Crippen LogP contribution in [0, 0.1) is 0 Å². The highest BCUT2D eigenvalue weighted by molar-refractivity contribution is 9.10. The highest BCUT2D eigenvalue weighted by atomic mass is 79.9. The maximum atomic E-state index is 6.03. The Bertz CT molecular complexity index is 534. The van der Waals surface area contributed by atoms with Crippen molar-refractivity contribution in [1.29, 1.82) is 0 Å². The van der Waals surface area contributed by atoms with Gasteiger partial charge in [0.25, 0.3) is 0 Å². The minimum Gasteiger partial charge on any atom is -0.487 e. The first kappa shape index (κ1) is 12.2. The lowest BCUT2D eigenvalue weighted by atomic mass is 10.2. The van der Waals surface area contributed by atoms with Crippen LogP contribution in [0.2, 0.25) is 5.02 Å². The molecule has 88 valence electrons. The predicted molar refractivity (Wildman–Crippen MR) is 72.1 cm³/mol. The van der Waals surface area contributed by atoms with Gasteiger partial charge in [0.05, 0.1) is 6.20 Å². The molecule has 0 unspecified atom stereocenters. The van der Waals surface area contributed by atoms with Crippen LogP contribution in [0.4, 0.5) is 5.69 Å². The summed E-state index contributed by atoms with van der Waals surface area (Å²) in [4.78, 5) is 4.01. The maximum absolute atomic E-state index is 6.03. The van der Waals surface area contributed by atoms with E-state index in [1.165, 1.54) is 0 Å². The Morgan fingerprint density at radius 2 is 2.12 bits per heavy atom. The molecule has 2 aromatic rings. The number of hydrogen-bond acceptors (Lipinski definition) is 3. The zero-order valence-electron chi connectivity index (χ0n) is 8.86. The average molecular weight is 314 g/mol. The first-order valence-corrected chi connectivity index (χ1v) is 6.09. The van der Waals surface area contributed by atoms with E-state index in [1.54, 1.807) is 30.6 Å². The summed E-state index contributed by atoms with van der Waals surface area (Å²) in [5, 5.41) is 0.641. The predicted octanol–water partition coefficient (Wildman–Crippen LogP) is 3.66. The summed E-state index contributed by atoms with van der Waals surface area (Å²) < 4.78 is 6.45. The second-order valence-corrected chi connectivity index (χ2v) is 4.80. The van der Waals surface area contributed by atoms with Crippen molar-refractivity contribution in [3.05, 3.63) is 51.7 Å². The molecule has 0 saturated carbocycles. The van der Waals surface area contributed by atoms with E-state index in [1.807, 2.05) is 6.07 Å². The van der Waals surface area contributed by atoms with Gasteiger partial charge in [0.1, 0.15) is 12.4 Å². The molecule has 0 bridgehead atoms. The third kappa shape index (κ3) is 3.35. The minimum absolute atomic E-state index is 0.363. The monoisotopic (exact) mass is 312 g/mol. The van der Waals surface area contributed by atoms with Gasteiger partial charge in [0.15, 0.2) is 0 Å². The van der Waals surface area contributed by atoms with Crippen molar-refractivity contribution < 1.29 is 4.74 Å². The summed E-state index contributed by atoms with van der Waals surface area (Å²) >= 11 is 9.36. The Kier molecular flexibility index (Phi) is 3.86. The fourth-order valence-corrected chi connectivity index (χ4v) is 1.85. The molecule has 0 saturated heterocycles. The summed E-state index contributed by atoms with van der Waals surface area (Å²) in [6, 6.07) is 7.15. The molecule has 1 heterocycles. The van der Waals surface area contributed by atoms with Crippen molar-refractivity contribution in [3.63, 3.8) is 0 Å². The van der Waals surface area contributed by atoms with Crippen LogP contribution in [0.3, 0.4) is 0 Å². The van der Waals surface area contributed by atoms with Gasteiger partial charge in [0.2, 0.25) is 0 Å². The molecule has 0 atom stereocenters. The Labute approximate surface area is 113 Å². The van der Waals surface area contributed by atoms with Crippen molar-refractivity contribution >= 4 is 33.2 Å². The van der Waals surface area contributed by atoms with E-state index in [9.17, 15) is 0 Å². The Morgan fingerprint density at radius 3 is 2.88 bits per heavy atom. The van der Waals surface area contributed by atoms with E-state index in [0.29, 0.717) is 23.1 Å². The molecule has 1 aromatic carbocycles. The third-order valence-electron chi connectivity index (χ3n) is 2.14. The first-order valence-electron chi connectivity index (χ1n) is 4.92. The van der Waals surface area contributed by atoms with Gasteiger partial charge in [0, 0.05) is 26.9 Å². The van der Waals surface area contributed by atoms with Gasteiger partial charge >= 0.3 is 0 Å². The highest BCUT2D eigenvalue weighted by Crippen LogP contribution is 2.22. The van der Waals surface area contributed by atoms with Gasteiger partial charge in [-0.2, -0.15) is 0 Å². The van der Waals surface area contributed by atoms with Crippen LogP contribution in [-0.2, 0) is 6.61 Å². The quantitative estimate of drug-likeness (QED) is 0.880. The van der Waals surface area contributed by atoms with E-state index < -0.39 is 0 Å². The van der Waals surface area contributed by atoms with E-state index >= 15 is 0 Å². The van der Waals surface area contributed by atoms with Crippen LogP contribution in [0.1, 0.15) is 5.56 Å². The second-order valence-electron chi connectivity index (χ2n) is 3.48. The normalized spacial score (nSPS) is 10.2. The molecule has 0 fully saturated rings. The van der Waals surface area contributed by atoms with Gasteiger partial charge in [-0.3, -0.25) is 4.98 Å². The molecule has 0 aliphatic rings. The molecular formula is C12H10BrClN2O.